The van der Waals surface area contributed by atoms with Crippen LogP contribution in [0.15, 0.2) is 54.6 Å². The van der Waals surface area contributed by atoms with Crippen molar-refractivity contribution in [2.45, 2.75) is 19.8 Å². The van der Waals surface area contributed by atoms with E-state index < -0.39 is 0 Å². The van der Waals surface area contributed by atoms with E-state index in [0.717, 1.165) is 0 Å². The Morgan fingerprint density at radius 3 is 2.15 bits per heavy atom. The normalized spacial score (nSPS) is 14.6. The molecule has 0 bridgehead atoms. The van der Waals surface area contributed by atoms with Crippen LogP contribution in [0.1, 0.15) is 46.0 Å². The second-order valence-corrected chi connectivity index (χ2v) is 6.56. The van der Waals surface area contributed by atoms with Crippen molar-refractivity contribution in [3.8, 4) is 0 Å². The molecular weight excluding hydrogens is 342 g/mol. The van der Waals surface area contributed by atoms with Gasteiger partial charge in [0.2, 0.25) is 0 Å². The molecule has 2 aromatic carbocycles. The van der Waals surface area contributed by atoms with E-state index in [2.05, 4.69) is 0 Å². The minimum atomic E-state index is -0.191. The third-order valence-corrected chi connectivity index (χ3v) is 4.84. The first-order valence-electron chi connectivity index (χ1n) is 9.26. The lowest BCUT2D eigenvalue weighted by Crippen LogP contribution is -2.41. The third-order valence-electron chi connectivity index (χ3n) is 4.84. The minimum Gasteiger partial charge on any atom is -0.466 e. The molecule has 2 aromatic rings. The number of carbonyl (C=O) groups is 3. The van der Waals surface area contributed by atoms with Crippen molar-refractivity contribution in [1.82, 2.24) is 4.90 Å². The summed E-state index contributed by atoms with van der Waals surface area (Å²) >= 11 is 0. The molecule has 0 unspecified atom stereocenters. The maximum absolute atomic E-state index is 13.0. The lowest BCUT2D eigenvalue weighted by molar-refractivity contribution is -0.149. The number of hydrogen-bond donors (Lipinski definition) is 0. The first-order chi connectivity index (χ1) is 13.1. The van der Waals surface area contributed by atoms with E-state index in [0.29, 0.717) is 49.2 Å². The average molecular weight is 365 g/mol. The molecule has 1 heterocycles. The SMILES string of the molecule is CCOC(=O)C1CCN(C(=O)c2ccccc2C(=O)c2ccccc2)CC1. The molecule has 5 heteroatoms. The van der Waals surface area contributed by atoms with Crippen LogP contribution in [-0.4, -0.2) is 42.3 Å². The molecule has 1 saturated heterocycles. The predicted octanol–water partition coefficient (Wildman–Crippen LogP) is 3.33. The first-order valence-corrected chi connectivity index (χ1v) is 9.26. The number of hydrogen-bond acceptors (Lipinski definition) is 4. The van der Waals surface area contributed by atoms with Gasteiger partial charge in [-0.1, -0.05) is 48.5 Å². The molecule has 0 spiro atoms. The van der Waals surface area contributed by atoms with Gasteiger partial charge in [0.1, 0.15) is 0 Å². The van der Waals surface area contributed by atoms with Crippen LogP contribution in [0.5, 0.6) is 0 Å². The molecule has 0 radical (unpaired) electrons. The average Bonchev–Trinajstić information content (AvgIpc) is 2.73. The summed E-state index contributed by atoms with van der Waals surface area (Å²) in [4.78, 5) is 39.4. The van der Waals surface area contributed by atoms with Crippen LogP contribution in [-0.2, 0) is 9.53 Å². The molecule has 0 aliphatic carbocycles. The van der Waals surface area contributed by atoms with Gasteiger partial charge >= 0.3 is 5.97 Å². The standard InChI is InChI=1S/C22H23NO4/c1-2-27-22(26)17-12-14-23(15-13-17)21(25)19-11-7-6-10-18(19)20(24)16-8-4-3-5-9-16/h3-11,17H,2,12-15H2,1H3. The molecule has 0 aromatic heterocycles. The number of likely N-dealkylation sites (tertiary alicyclic amines) is 1. The number of amides is 1. The number of piperidine rings is 1. The van der Waals surface area contributed by atoms with Gasteiger partial charge in [-0.25, -0.2) is 0 Å². The maximum Gasteiger partial charge on any atom is 0.309 e. The van der Waals surface area contributed by atoms with Crippen molar-refractivity contribution >= 4 is 17.7 Å². The molecule has 5 nitrogen and oxygen atoms in total. The Bertz CT molecular complexity index is 823. The lowest BCUT2D eigenvalue weighted by Gasteiger charge is -2.31. The molecule has 1 aliphatic heterocycles. The Hall–Kier alpha value is -2.95. The van der Waals surface area contributed by atoms with E-state index in [9.17, 15) is 14.4 Å². The molecule has 1 amide bonds. The van der Waals surface area contributed by atoms with Crippen LogP contribution >= 0.6 is 0 Å². The van der Waals surface area contributed by atoms with E-state index in [1.165, 1.54) is 0 Å². The van der Waals surface area contributed by atoms with Gasteiger partial charge in [-0.3, -0.25) is 14.4 Å². The Morgan fingerprint density at radius 2 is 1.52 bits per heavy atom. The fourth-order valence-electron chi connectivity index (χ4n) is 3.36. The number of esters is 1. The molecule has 1 aliphatic rings. The third kappa shape index (κ3) is 4.25. The van der Waals surface area contributed by atoms with Gasteiger partial charge in [-0.2, -0.15) is 0 Å². The van der Waals surface area contributed by atoms with Gasteiger partial charge in [0.25, 0.3) is 5.91 Å². The van der Waals surface area contributed by atoms with Crippen molar-refractivity contribution in [3.05, 3.63) is 71.3 Å². The molecular formula is C22H23NO4. The van der Waals surface area contributed by atoms with Gasteiger partial charge in [0, 0.05) is 24.2 Å². The number of ketones is 1. The van der Waals surface area contributed by atoms with E-state index in [1.807, 2.05) is 6.07 Å². The lowest BCUT2D eigenvalue weighted by atomic mass is 9.94. The highest BCUT2D eigenvalue weighted by Crippen LogP contribution is 2.22. The Kier molecular flexibility index (Phi) is 6.01. The number of carbonyl (C=O) groups excluding carboxylic acids is 3. The van der Waals surface area contributed by atoms with Crippen LogP contribution in [0.4, 0.5) is 0 Å². The Labute approximate surface area is 158 Å². The summed E-state index contributed by atoms with van der Waals surface area (Å²) in [5, 5.41) is 0. The highest BCUT2D eigenvalue weighted by molar-refractivity contribution is 6.15. The summed E-state index contributed by atoms with van der Waals surface area (Å²) < 4.78 is 5.07. The zero-order chi connectivity index (χ0) is 19.2. The van der Waals surface area contributed by atoms with Crippen LogP contribution in [0.3, 0.4) is 0 Å². The smallest absolute Gasteiger partial charge is 0.309 e. The number of benzene rings is 2. The van der Waals surface area contributed by atoms with E-state index in [-0.39, 0.29) is 23.6 Å². The molecule has 3 rings (SSSR count). The van der Waals surface area contributed by atoms with Gasteiger partial charge in [0.15, 0.2) is 5.78 Å². The van der Waals surface area contributed by atoms with Crippen molar-refractivity contribution in [3.63, 3.8) is 0 Å². The van der Waals surface area contributed by atoms with Crippen LogP contribution in [0, 0.1) is 5.92 Å². The second kappa shape index (κ2) is 8.62. The zero-order valence-corrected chi connectivity index (χ0v) is 15.4. The van der Waals surface area contributed by atoms with Crippen LogP contribution < -0.4 is 0 Å². The zero-order valence-electron chi connectivity index (χ0n) is 15.4. The number of nitrogens with zero attached hydrogens (tertiary/aromatic N) is 1. The molecule has 140 valence electrons. The van der Waals surface area contributed by atoms with Gasteiger partial charge in [0.05, 0.1) is 18.1 Å². The highest BCUT2D eigenvalue weighted by atomic mass is 16.5. The van der Waals surface area contributed by atoms with Gasteiger partial charge in [-0.05, 0) is 25.8 Å². The number of rotatable bonds is 5. The second-order valence-electron chi connectivity index (χ2n) is 6.56. The van der Waals surface area contributed by atoms with Crippen LogP contribution in [0.2, 0.25) is 0 Å². The summed E-state index contributed by atoms with van der Waals surface area (Å²) in [6.45, 7) is 3.12. The van der Waals surface area contributed by atoms with E-state index >= 15 is 0 Å². The van der Waals surface area contributed by atoms with Crippen molar-refractivity contribution in [2.75, 3.05) is 19.7 Å². The number of ether oxygens (including phenoxy) is 1. The summed E-state index contributed by atoms with van der Waals surface area (Å²) in [6.07, 6.45) is 1.17. The molecule has 27 heavy (non-hydrogen) atoms. The van der Waals surface area contributed by atoms with E-state index in [4.69, 9.17) is 4.74 Å². The minimum absolute atomic E-state index is 0.157. The largest absolute Gasteiger partial charge is 0.466 e. The summed E-state index contributed by atoms with van der Waals surface area (Å²) in [7, 11) is 0. The quantitative estimate of drug-likeness (QED) is 0.602. The summed E-state index contributed by atoms with van der Waals surface area (Å²) in [6, 6.07) is 15.9. The van der Waals surface area contributed by atoms with Crippen molar-refractivity contribution < 1.29 is 19.1 Å². The molecule has 1 fully saturated rings. The predicted molar refractivity (Wildman–Crippen MR) is 102 cm³/mol. The maximum atomic E-state index is 13.0. The highest BCUT2D eigenvalue weighted by Gasteiger charge is 2.30. The van der Waals surface area contributed by atoms with Gasteiger partial charge < -0.3 is 9.64 Å². The molecule has 0 N–H and O–H groups in total. The topological polar surface area (TPSA) is 63.7 Å². The fourth-order valence-corrected chi connectivity index (χ4v) is 3.36. The monoisotopic (exact) mass is 365 g/mol. The van der Waals surface area contributed by atoms with E-state index in [1.54, 1.807) is 60.4 Å². The van der Waals surface area contributed by atoms with Crippen LogP contribution in [0.25, 0.3) is 0 Å². The first kappa shape index (κ1) is 18.8. The molecule has 0 saturated carbocycles. The summed E-state index contributed by atoms with van der Waals surface area (Å²) in [5.41, 5.74) is 1.36. The van der Waals surface area contributed by atoms with Crippen molar-refractivity contribution in [1.29, 1.82) is 0 Å². The summed E-state index contributed by atoms with van der Waals surface area (Å²) in [5.74, 6) is -0.683. The fraction of sp³-hybridized carbons (Fsp3) is 0.318. The Morgan fingerprint density at radius 1 is 0.926 bits per heavy atom. The van der Waals surface area contributed by atoms with Crippen molar-refractivity contribution in [2.24, 2.45) is 5.92 Å². The van der Waals surface area contributed by atoms with Gasteiger partial charge in [-0.15, -0.1) is 0 Å². The molecule has 0 atom stereocenters. The Balaban J connectivity index is 1.75.